The van der Waals surface area contributed by atoms with Crippen LogP contribution in [0.4, 0.5) is 0 Å². The molecule has 1 atom stereocenters. The normalized spacial score (nSPS) is 12.3. The van der Waals surface area contributed by atoms with Crippen LogP contribution in [0.2, 0.25) is 0 Å². The molecule has 1 aromatic heterocycles. The summed E-state index contributed by atoms with van der Waals surface area (Å²) in [4.78, 5) is 8.22. The fourth-order valence-corrected chi connectivity index (χ4v) is 2.21. The van der Waals surface area contributed by atoms with Crippen molar-refractivity contribution in [2.24, 2.45) is 5.73 Å². The molecule has 3 aromatic rings. The van der Waals surface area contributed by atoms with Crippen LogP contribution in [0.15, 0.2) is 54.9 Å². The molecule has 0 amide bonds. The molecule has 2 N–H and O–H groups in total. The van der Waals surface area contributed by atoms with E-state index in [0.29, 0.717) is 5.88 Å². The number of fused-ring (bicyclic) bond motifs is 1. The van der Waals surface area contributed by atoms with E-state index in [-0.39, 0.29) is 6.04 Å². The second kappa shape index (κ2) is 5.27. The standard InChI is InChI=1S/C16H15N3O/c1-20-15-9-14(18-10-19-15)16(17)13-7-6-11-4-2-3-5-12(11)8-13/h2-10,16H,17H2,1H3. The second-order valence-corrected chi connectivity index (χ2v) is 4.57. The van der Waals surface area contributed by atoms with Gasteiger partial charge in [0.15, 0.2) is 0 Å². The van der Waals surface area contributed by atoms with Gasteiger partial charge in [0.1, 0.15) is 6.33 Å². The summed E-state index contributed by atoms with van der Waals surface area (Å²) in [5, 5.41) is 2.37. The Bertz CT molecular complexity index is 742. The van der Waals surface area contributed by atoms with Crippen LogP contribution in [-0.4, -0.2) is 17.1 Å². The number of methoxy groups -OCH3 is 1. The third-order valence-electron chi connectivity index (χ3n) is 3.32. The molecule has 2 aromatic carbocycles. The molecule has 0 aliphatic rings. The van der Waals surface area contributed by atoms with Gasteiger partial charge >= 0.3 is 0 Å². The smallest absolute Gasteiger partial charge is 0.216 e. The van der Waals surface area contributed by atoms with Crippen molar-refractivity contribution in [3.63, 3.8) is 0 Å². The van der Waals surface area contributed by atoms with Crippen LogP contribution >= 0.6 is 0 Å². The van der Waals surface area contributed by atoms with E-state index < -0.39 is 0 Å². The van der Waals surface area contributed by atoms with Gasteiger partial charge in [-0.1, -0.05) is 36.4 Å². The topological polar surface area (TPSA) is 61.0 Å². The quantitative estimate of drug-likeness (QED) is 0.791. The van der Waals surface area contributed by atoms with Gasteiger partial charge in [0.05, 0.1) is 18.8 Å². The average Bonchev–Trinajstić information content (AvgIpc) is 2.53. The van der Waals surface area contributed by atoms with Gasteiger partial charge in [0.2, 0.25) is 5.88 Å². The fraction of sp³-hybridized carbons (Fsp3) is 0.125. The van der Waals surface area contributed by atoms with Crippen molar-refractivity contribution in [2.75, 3.05) is 7.11 Å². The maximum absolute atomic E-state index is 6.29. The number of ether oxygens (including phenoxy) is 1. The zero-order chi connectivity index (χ0) is 13.9. The molecule has 20 heavy (non-hydrogen) atoms. The number of hydrogen-bond donors (Lipinski definition) is 1. The molecule has 3 rings (SSSR count). The highest BCUT2D eigenvalue weighted by Gasteiger charge is 2.12. The molecule has 0 aliphatic heterocycles. The van der Waals surface area contributed by atoms with E-state index >= 15 is 0 Å². The summed E-state index contributed by atoms with van der Waals surface area (Å²) in [5.41, 5.74) is 8.05. The van der Waals surface area contributed by atoms with Crippen molar-refractivity contribution in [3.8, 4) is 5.88 Å². The monoisotopic (exact) mass is 265 g/mol. The molecule has 0 radical (unpaired) electrons. The van der Waals surface area contributed by atoms with E-state index in [9.17, 15) is 0 Å². The molecule has 0 fully saturated rings. The van der Waals surface area contributed by atoms with E-state index in [0.717, 1.165) is 11.3 Å². The number of nitrogens with two attached hydrogens (primary N) is 1. The van der Waals surface area contributed by atoms with E-state index in [2.05, 4.69) is 34.2 Å². The van der Waals surface area contributed by atoms with Crippen molar-refractivity contribution in [1.82, 2.24) is 9.97 Å². The summed E-state index contributed by atoms with van der Waals surface area (Å²) in [6.45, 7) is 0. The Balaban J connectivity index is 2.00. The molecule has 1 heterocycles. The molecule has 0 aliphatic carbocycles. The molecule has 0 spiro atoms. The van der Waals surface area contributed by atoms with Gasteiger partial charge in [-0.15, -0.1) is 0 Å². The van der Waals surface area contributed by atoms with E-state index in [1.165, 1.54) is 17.1 Å². The third kappa shape index (κ3) is 2.33. The fourth-order valence-electron chi connectivity index (χ4n) is 2.21. The van der Waals surface area contributed by atoms with E-state index in [4.69, 9.17) is 10.5 Å². The van der Waals surface area contributed by atoms with E-state index in [1.54, 1.807) is 13.2 Å². The molecule has 100 valence electrons. The van der Waals surface area contributed by atoms with Crippen molar-refractivity contribution in [1.29, 1.82) is 0 Å². The Hall–Kier alpha value is -2.46. The lowest BCUT2D eigenvalue weighted by atomic mass is 10.0. The number of aromatic nitrogens is 2. The van der Waals surface area contributed by atoms with Gasteiger partial charge in [0, 0.05) is 6.07 Å². The molecule has 1 unspecified atom stereocenters. The van der Waals surface area contributed by atoms with Crippen LogP contribution in [0.25, 0.3) is 10.8 Å². The average molecular weight is 265 g/mol. The van der Waals surface area contributed by atoms with Gasteiger partial charge in [-0.05, 0) is 22.4 Å². The Kier molecular flexibility index (Phi) is 3.31. The minimum Gasteiger partial charge on any atom is -0.481 e. The largest absolute Gasteiger partial charge is 0.481 e. The molecule has 0 saturated heterocycles. The molecule has 0 saturated carbocycles. The summed E-state index contributed by atoms with van der Waals surface area (Å²) in [6.07, 6.45) is 1.47. The zero-order valence-electron chi connectivity index (χ0n) is 11.2. The minimum absolute atomic E-state index is 0.295. The SMILES string of the molecule is COc1cc(C(N)c2ccc3ccccc3c2)ncn1. The third-order valence-corrected chi connectivity index (χ3v) is 3.32. The first kappa shape index (κ1) is 12.6. The highest BCUT2D eigenvalue weighted by molar-refractivity contribution is 5.83. The summed E-state index contributed by atoms with van der Waals surface area (Å²) >= 11 is 0. The number of rotatable bonds is 3. The minimum atomic E-state index is -0.295. The number of hydrogen-bond acceptors (Lipinski definition) is 4. The van der Waals surface area contributed by atoms with Crippen molar-refractivity contribution in [2.45, 2.75) is 6.04 Å². The molecular weight excluding hydrogens is 250 g/mol. The summed E-state index contributed by atoms with van der Waals surface area (Å²) < 4.78 is 5.10. The Morgan fingerprint density at radius 3 is 2.60 bits per heavy atom. The molecule has 0 bridgehead atoms. The van der Waals surface area contributed by atoms with Crippen LogP contribution in [-0.2, 0) is 0 Å². The van der Waals surface area contributed by atoms with E-state index in [1.807, 2.05) is 18.2 Å². The van der Waals surface area contributed by atoms with Gasteiger partial charge in [-0.3, -0.25) is 0 Å². The highest BCUT2D eigenvalue weighted by Crippen LogP contribution is 2.23. The lowest BCUT2D eigenvalue weighted by Gasteiger charge is -2.13. The number of benzene rings is 2. The molecule has 4 nitrogen and oxygen atoms in total. The summed E-state index contributed by atoms with van der Waals surface area (Å²) in [6, 6.07) is 15.9. The summed E-state index contributed by atoms with van der Waals surface area (Å²) in [5.74, 6) is 0.520. The lowest BCUT2D eigenvalue weighted by molar-refractivity contribution is 0.395. The highest BCUT2D eigenvalue weighted by atomic mass is 16.5. The van der Waals surface area contributed by atoms with Crippen LogP contribution < -0.4 is 10.5 Å². The van der Waals surface area contributed by atoms with Crippen molar-refractivity contribution < 1.29 is 4.74 Å². The van der Waals surface area contributed by atoms with Gasteiger partial charge in [0.25, 0.3) is 0 Å². The van der Waals surface area contributed by atoms with Crippen LogP contribution in [0.5, 0.6) is 5.88 Å². The van der Waals surface area contributed by atoms with Crippen LogP contribution in [0.1, 0.15) is 17.3 Å². The number of nitrogens with zero attached hydrogens (tertiary/aromatic N) is 2. The molecular formula is C16H15N3O. The molecule has 4 heteroatoms. The Morgan fingerprint density at radius 2 is 1.80 bits per heavy atom. The van der Waals surface area contributed by atoms with Gasteiger partial charge in [-0.2, -0.15) is 0 Å². The van der Waals surface area contributed by atoms with Gasteiger partial charge in [-0.25, -0.2) is 9.97 Å². The van der Waals surface area contributed by atoms with Crippen molar-refractivity contribution in [3.05, 3.63) is 66.1 Å². The van der Waals surface area contributed by atoms with Gasteiger partial charge < -0.3 is 10.5 Å². The predicted molar refractivity (Wildman–Crippen MR) is 78.6 cm³/mol. The van der Waals surface area contributed by atoms with Crippen LogP contribution in [0.3, 0.4) is 0 Å². The second-order valence-electron chi connectivity index (χ2n) is 4.57. The maximum atomic E-state index is 6.29. The Morgan fingerprint density at radius 1 is 1.00 bits per heavy atom. The Labute approximate surface area is 117 Å². The summed E-state index contributed by atoms with van der Waals surface area (Å²) in [7, 11) is 1.58. The van der Waals surface area contributed by atoms with Crippen molar-refractivity contribution >= 4 is 10.8 Å². The first-order chi connectivity index (χ1) is 9.78. The predicted octanol–water partition coefficient (Wildman–Crippen LogP) is 2.69. The first-order valence-corrected chi connectivity index (χ1v) is 6.38. The maximum Gasteiger partial charge on any atom is 0.216 e. The lowest BCUT2D eigenvalue weighted by Crippen LogP contribution is -2.13. The zero-order valence-corrected chi connectivity index (χ0v) is 11.2. The first-order valence-electron chi connectivity index (χ1n) is 6.38. The van der Waals surface area contributed by atoms with Crippen LogP contribution in [0, 0.1) is 0 Å².